The Labute approximate surface area is 257 Å². The minimum Gasteiger partial charge on any atom is -0.462 e. The minimum atomic E-state index is -0.355. The molecule has 4 atom stereocenters. The van der Waals surface area contributed by atoms with E-state index in [1.165, 1.54) is 19.4 Å². The normalized spacial score (nSPS) is 23.8. The first kappa shape index (κ1) is 32.7. The van der Waals surface area contributed by atoms with Crippen LogP contribution in [-0.4, -0.2) is 66.5 Å². The predicted octanol–water partition coefficient (Wildman–Crippen LogP) is 6.18. The highest BCUT2D eigenvalue weighted by Gasteiger charge is 2.54. The molecule has 0 bridgehead atoms. The lowest BCUT2D eigenvalue weighted by Crippen LogP contribution is -2.62. The number of fused-ring (bicyclic) bond motifs is 1. The van der Waals surface area contributed by atoms with E-state index in [9.17, 15) is 14.4 Å². The van der Waals surface area contributed by atoms with Crippen molar-refractivity contribution in [1.82, 2.24) is 9.80 Å². The number of hydrogen-bond acceptors (Lipinski definition) is 6. The monoisotopic (exact) mass is 590 g/mol. The highest BCUT2D eigenvalue weighted by Crippen LogP contribution is 2.51. The Bertz CT molecular complexity index is 1230. The molecule has 0 aromatic heterocycles. The molecule has 1 saturated heterocycles. The van der Waals surface area contributed by atoms with Crippen molar-refractivity contribution in [3.8, 4) is 5.75 Å². The third-order valence-corrected chi connectivity index (χ3v) is 9.22. The van der Waals surface area contributed by atoms with Crippen LogP contribution in [0.1, 0.15) is 83.8 Å². The van der Waals surface area contributed by atoms with Gasteiger partial charge in [0.1, 0.15) is 11.9 Å². The van der Waals surface area contributed by atoms with Crippen LogP contribution in [0.2, 0.25) is 0 Å². The van der Waals surface area contributed by atoms with Gasteiger partial charge in [0, 0.05) is 57.2 Å². The first-order chi connectivity index (χ1) is 20.6. The van der Waals surface area contributed by atoms with Crippen LogP contribution in [0.3, 0.4) is 0 Å². The van der Waals surface area contributed by atoms with Gasteiger partial charge in [0.05, 0.1) is 0 Å². The van der Waals surface area contributed by atoms with Crippen molar-refractivity contribution < 1.29 is 23.9 Å². The maximum Gasteiger partial charge on any atom is 0.308 e. The number of benzene rings is 2. The smallest absolute Gasteiger partial charge is 0.308 e. The SMILES string of the molecule is CC(=O)Oc1cccc([C@@]23CCN(C)C[C@H]2C(OC(C)=O)C[C@@H](N(CC(C)C)C(=O)CCCCCc2ccccc2)C3)c1. The van der Waals surface area contributed by atoms with Gasteiger partial charge in [0.25, 0.3) is 0 Å². The van der Waals surface area contributed by atoms with Gasteiger partial charge in [-0.25, -0.2) is 0 Å². The van der Waals surface area contributed by atoms with Crippen molar-refractivity contribution in [3.05, 3.63) is 65.7 Å². The summed E-state index contributed by atoms with van der Waals surface area (Å²) in [5, 5.41) is 0. The summed E-state index contributed by atoms with van der Waals surface area (Å²) in [5.41, 5.74) is 2.10. The van der Waals surface area contributed by atoms with E-state index in [1.807, 2.05) is 24.3 Å². The van der Waals surface area contributed by atoms with E-state index in [0.717, 1.165) is 57.2 Å². The summed E-state index contributed by atoms with van der Waals surface area (Å²) in [7, 11) is 2.11. The average Bonchev–Trinajstić information content (AvgIpc) is 2.96. The van der Waals surface area contributed by atoms with E-state index in [4.69, 9.17) is 9.47 Å². The molecule has 1 aliphatic heterocycles. The molecule has 2 fully saturated rings. The van der Waals surface area contributed by atoms with Crippen LogP contribution in [0.25, 0.3) is 0 Å². The molecular weight excluding hydrogens is 540 g/mol. The van der Waals surface area contributed by atoms with E-state index in [-0.39, 0.29) is 41.3 Å². The number of likely N-dealkylation sites (tertiary alicyclic amines) is 1. The van der Waals surface area contributed by atoms with E-state index in [1.54, 1.807) is 0 Å². The molecule has 4 rings (SSSR count). The standard InChI is InChI=1S/C36H50N2O5/c1-26(2)24-38(35(41)18-11-7-10-15-29-13-8-6-9-14-29)31-22-34(43-28(4)40)33-25-37(5)20-19-36(33,23-31)30-16-12-17-32(21-30)42-27(3)39/h6,8-9,12-14,16-17,21,26,31,33-34H,7,10-11,15,18-20,22-25H2,1-5H3/t31-,33+,34?,36+/m1/s1. The van der Waals surface area contributed by atoms with Crippen molar-refractivity contribution in [2.24, 2.45) is 11.8 Å². The van der Waals surface area contributed by atoms with Gasteiger partial charge in [-0.15, -0.1) is 0 Å². The van der Waals surface area contributed by atoms with Crippen LogP contribution in [0.5, 0.6) is 5.75 Å². The van der Waals surface area contributed by atoms with E-state index in [0.29, 0.717) is 31.1 Å². The van der Waals surface area contributed by atoms with E-state index < -0.39 is 0 Å². The molecule has 2 aromatic carbocycles. The maximum absolute atomic E-state index is 13.9. The Morgan fingerprint density at radius 3 is 2.47 bits per heavy atom. The molecule has 2 aliphatic rings. The molecule has 0 N–H and O–H groups in total. The van der Waals surface area contributed by atoms with Crippen molar-refractivity contribution in [2.45, 2.75) is 96.6 Å². The largest absolute Gasteiger partial charge is 0.462 e. The van der Waals surface area contributed by atoms with Gasteiger partial charge in [-0.2, -0.15) is 0 Å². The molecule has 7 nitrogen and oxygen atoms in total. The summed E-state index contributed by atoms with van der Waals surface area (Å²) < 4.78 is 11.6. The zero-order chi connectivity index (χ0) is 31.0. The summed E-state index contributed by atoms with van der Waals surface area (Å²) in [5.74, 6) is 0.442. The fourth-order valence-electron chi connectivity index (χ4n) is 7.35. The zero-order valence-corrected chi connectivity index (χ0v) is 26.7. The molecule has 2 aromatic rings. The van der Waals surface area contributed by atoms with Crippen LogP contribution in [-0.2, 0) is 31.0 Å². The molecule has 1 amide bonds. The van der Waals surface area contributed by atoms with E-state index >= 15 is 0 Å². The van der Waals surface area contributed by atoms with Crippen LogP contribution >= 0.6 is 0 Å². The average molecular weight is 591 g/mol. The quantitative estimate of drug-likeness (QED) is 0.167. The third-order valence-electron chi connectivity index (χ3n) is 9.22. The number of unbranched alkanes of at least 4 members (excludes halogenated alkanes) is 2. The van der Waals surface area contributed by atoms with Crippen molar-refractivity contribution in [2.75, 3.05) is 26.7 Å². The molecule has 1 heterocycles. The summed E-state index contributed by atoms with van der Waals surface area (Å²) in [6.07, 6.45) is 6.48. The van der Waals surface area contributed by atoms with Gasteiger partial charge in [0.2, 0.25) is 5.91 Å². The molecule has 234 valence electrons. The first-order valence-corrected chi connectivity index (χ1v) is 16.1. The Kier molecular flexibility index (Phi) is 11.4. The zero-order valence-electron chi connectivity index (χ0n) is 26.7. The second kappa shape index (κ2) is 15.0. The number of carbonyl (C=O) groups excluding carboxylic acids is 3. The predicted molar refractivity (Wildman–Crippen MR) is 169 cm³/mol. The second-order valence-corrected chi connectivity index (χ2v) is 13.1. The number of hydrogen-bond donors (Lipinski definition) is 0. The molecule has 1 unspecified atom stereocenters. The number of amides is 1. The van der Waals surface area contributed by atoms with Crippen molar-refractivity contribution in [1.29, 1.82) is 0 Å². The number of rotatable bonds is 12. The number of piperidine rings is 1. The molecule has 0 radical (unpaired) electrons. The fourth-order valence-corrected chi connectivity index (χ4v) is 7.35. The lowest BCUT2D eigenvalue weighted by Gasteiger charge is -2.56. The van der Waals surface area contributed by atoms with Crippen LogP contribution < -0.4 is 4.74 Å². The lowest BCUT2D eigenvalue weighted by atomic mass is 9.56. The van der Waals surface area contributed by atoms with Gasteiger partial charge >= 0.3 is 11.9 Å². The Morgan fingerprint density at radius 1 is 1.00 bits per heavy atom. The third kappa shape index (κ3) is 8.69. The number of aryl methyl sites for hydroxylation is 1. The topological polar surface area (TPSA) is 76.2 Å². The van der Waals surface area contributed by atoms with Gasteiger partial charge in [-0.1, -0.05) is 62.7 Å². The number of nitrogens with zero attached hydrogens (tertiary/aromatic N) is 2. The van der Waals surface area contributed by atoms with E-state index in [2.05, 4.69) is 61.0 Å². The van der Waals surface area contributed by atoms with Crippen molar-refractivity contribution >= 4 is 17.8 Å². The number of esters is 2. The number of carbonyl (C=O) groups is 3. The fraction of sp³-hybridized carbons (Fsp3) is 0.583. The van der Waals surface area contributed by atoms with Gasteiger partial charge in [-0.05, 0) is 74.9 Å². The maximum atomic E-state index is 13.9. The lowest BCUT2D eigenvalue weighted by molar-refractivity contribution is -0.161. The minimum absolute atomic E-state index is 0.0550. The molecule has 1 saturated carbocycles. The van der Waals surface area contributed by atoms with Gasteiger partial charge < -0.3 is 19.3 Å². The molecule has 43 heavy (non-hydrogen) atoms. The van der Waals surface area contributed by atoms with Crippen molar-refractivity contribution in [3.63, 3.8) is 0 Å². The highest BCUT2D eigenvalue weighted by atomic mass is 16.5. The Hall–Kier alpha value is -3.19. The molecular formula is C36H50N2O5. The summed E-state index contributed by atoms with van der Waals surface area (Å²) in [4.78, 5) is 42.5. The number of ether oxygens (including phenoxy) is 2. The Morgan fingerprint density at radius 2 is 1.77 bits per heavy atom. The second-order valence-electron chi connectivity index (χ2n) is 13.1. The molecule has 7 heteroatoms. The van der Waals surface area contributed by atoms with Crippen LogP contribution in [0.4, 0.5) is 0 Å². The summed E-state index contributed by atoms with van der Waals surface area (Å²) >= 11 is 0. The van der Waals surface area contributed by atoms with Crippen LogP contribution in [0.15, 0.2) is 54.6 Å². The highest BCUT2D eigenvalue weighted by molar-refractivity contribution is 5.76. The Balaban J connectivity index is 1.59. The molecule has 0 spiro atoms. The molecule has 1 aliphatic carbocycles. The van der Waals surface area contributed by atoms with Gasteiger partial charge in [-0.3, -0.25) is 14.4 Å². The van der Waals surface area contributed by atoms with Crippen LogP contribution in [0, 0.1) is 11.8 Å². The summed E-state index contributed by atoms with van der Waals surface area (Å²) in [6.45, 7) is 9.57. The summed E-state index contributed by atoms with van der Waals surface area (Å²) in [6, 6.07) is 18.3. The van der Waals surface area contributed by atoms with Gasteiger partial charge in [0.15, 0.2) is 0 Å². The first-order valence-electron chi connectivity index (χ1n) is 16.1.